The van der Waals surface area contributed by atoms with Gasteiger partial charge in [-0.15, -0.1) is 0 Å². The number of methoxy groups -OCH3 is 1. The van der Waals surface area contributed by atoms with Crippen LogP contribution < -0.4 is 0 Å². The number of likely N-dealkylation sites (N-methyl/N-ethyl adjacent to an activating group) is 1. The van der Waals surface area contributed by atoms with Gasteiger partial charge in [-0.3, -0.25) is 4.90 Å². The van der Waals surface area contributed by atoms with Crippen molar-refractivity contribution in [3.05, 3.63) is 0 Å². The summed E-state index contributed by atoms with van der Waals surface area (Å²) in [4.78, 5) is 15.4. The van der Waals surface area contributed by atoms with Crippen molar-refractivity contribution in [2.75, 3.05) is 33.8 Å². The summed E-state index contributed by atoms with van der Waals surface area (Å²) in [5.74, 6) is 0. The second-order valence-electron chi connectivity index (χ2n) is 4.18. The second-order valence-corrected chi connectivity index (χ2v) is 4.18. The van der Waals surface area contributed by atoms with Crippen LogP contribution in [0.5, 0.6) is 0 Å². The second kappa shape index (κ2) is 4.37. The summed E-state index contributed by atoms with van der Waals surface area (Å²) in [6.07, 6.45) is 1.79. The van der Waals surface area contributed by atoms with Crippen LogP contribution in [0.3, 0.4) is 0 Å². The first-order valence-corrected chi connectivity index (χ1v) is 5.41. The lowest BCUT2D eigenvalue weighted by Crippen LogP contribution is -2.61. The van der Waals surface area contributed by atoms with Gasteiger partial charge in [0.2, 0.25) is 0 Å². The van der Waals surface area contributed by atoms with Gasteiger partial charge >= 0.3 is 6.09 Å². The summed E-state index contributed by atoms with van der Waals surface area (Å²) >= 11 is 0. The number of likely N-dealkylation sites (tertiary alicyclic amines) is 2. The zero-order valence-corrected chi connectivity index (χ0v) is 9.31. The summed E-state index contributed by atoms with van der Waals surface area (Å²) < 4.78 is 10.6. The molecular formula is C10H18N2O3. The van der Waals surface area contributed by atoms with Crippen LogP contribution >= 0.6 is 0 Å². The molecule has 0 aliphatic carbocycles. The van der Waals surface area contributed by atoms with Crippen molar-refractivity contribution >= 4 is 6.09 Å². The monoisotopic (exact) mass is 214 g/mol. The van der Waals surface area contributed by atoms with Gasteiger partial charge in [-0.05, 0) is 19.9 Å². The van der Waals surface area contributed by atoms with Gasteiger partial charge in [0.15, 0.2) is 6.23 Å². The van der Waals surface area contributed by atoms with Crippen molar-refractivity contribution in [1.29, 1.82) is 0 Å². The largest absolute Gasteiger partial charge is 0.427 e. The molecule has 2 rings (SSSR count). The Morgan fingerprint density at radius 1 is 1.33 bits per heavy atom. The molecule has 0 aromatic heterocycles. The molecule has 0 spiro atoms. The first kappa shape index (κ1) is 10.7. The van der Waals surface area contributed by atoms with Gasteiger partial charge in [0.25, 0.3) is 0 Å². The molecule has 1 amide bonds. The number of amides is 1. The van der Waals surface area contributed by atoms with Crippen LogP contribution in [0.2, 0.25) is 0 Å². The Kier molecular flexibility index (Phi) is 3.11. The van der Waals surface area contributed by atoms with E-state index in [1.54, 1.807) is 12.0 Å². The molecule has 0 radical (unpaired) electrons. The van der Waals surface area contributed by atoms with Crippen molar-refractivity contribution in [2.24, 2.45) is 0 Å². The van der Waals surface area contributed by atoms with E-state index in [0.717, 1.165) is 32.5 Å². The van der Waals surface area contributed by atoms with Gasteiger partial charge in [-0.25, -0.2) is 4.79 Å². The van der Waals surface area contributed by atoms with Gasteiger partial charge < -0.3 is 14.4 Å². The van der Waals surface area contributed by atoms with Gasteiger partial charge in [0.05, 0.1) is 0 Å². The highest BCUT2D eigenvalue weighted by Crippen LogP contribution is 2.21. The molecule has 2 atom stereocenters. The molecule has 5 nitrogen and oxygen atoms in total. The topological polar surface area (TPSA) is 42.0 Å². The molecule has 2 fully saturated rings. The van der Waals surface area contributed by atoms with Crippen LogP contribution in [0, 0.1) is 0 Å². The minimum atomic E-state index is -0.205. The Morgan fingerprint density at radius 3 is 2.53 bits per heavy atom. The summed E-state index contributed by atoms with van der Waals surface area (Å²) in [7, 11) is 3.58. The highest BCUT2D eigenvalue weighted by molar-refractivity contribution is 5.68. The van der Waals surface area contributed by atoms with Crippen LogP contribution in [-0.2, 0) is 9.47 Å². The van der Waals surface area contributed by atoms with Crippen molar-refractivity contribution < 1.29 is 14.3 Å². The highest BCUT2D eigenvalue weighted by atomic mass is 16.6. The third-order valence-corrected chi connectivity index (χ3v) is 3.11. The number of rotatable bonds is 2. The molecule has 2 unspecified atom stereocenters. The van der Waals surface area contributed by atoms with E-state index < -0.39 is 0 Å². The minimum Gasteiger partial charge on any atom is -0.427 e. The number of ether oxygens (including phenoxy) is 2. The van der Waals surface area contributed by atoms with Crippen molar-refractivity contribution in [3.63, 3.8) is 0 Å². The van der Waals surface area contributed by atoms with Crippen molar-refractivity contribution in [1.82, 2.24) is 9.80 Å². The normalized spacial score (nSPS) is 31.5. The Balaban J connectivity index is 1.82. The Labute approximate surface area is 89.9 Å². The number of carbonyl (C=O) groups is 1. The summed E-state index contributed by atoms with van der Waals surface area (Å²) in [5, 5.41) is 0. The molecule has 2 heterocycles. The smallest absolute Gasteiger partial charge is 0.411 e. The SMILES string of the molecule is COC1CN(C)C1OC(=O)N1CCCC1. The predicted molar refractivity (Wildman–Crippen MR) is 54.5 cm³/mol. The summed E-state index contributed by atoms with van der Waals surface area (Å²) in [6, 6.07) is 0. The molecule has 2 aliphatic rings. The molecular weight excluding hydrogens is 196 g/mol. The molecule has 0 saturated carbocycles. The van der Waals surface area contributed by atoms with Crippen LogP contribution in [0.15, 0.2) is 0 Å². The minimum absolute atomic E-state index is 0.0292. The molecule has 0 aromatic rings. The molecule has 5 heteroatoms. The van der Waals surface area contributed by atoms with E-state index in [-0.39, 0.29) is 18.4 Å². The van der Waals surface area contributed by atoms with Crippen molar-refractivity contribution in [2.45, 2.75) is 25.2 Å². The maximum absolute atomic E-state index is 11.7. The maximum Gasteiger partial charge on any atom is 0.411 e. The standard InChI is InChI=1S/C10H18N2O3/c1-11-7-8(14-2)9(11)15-10(13)12-5-3-4-6-12/h8-9H,3-7H2,1-2H3. The molecule has 0 N–H and O–H groups in total. The number of nitrogens with zero attached hydrogens (tertiary/aromatic N) is 2. The summed E-state index contributed by atoms with van der Waals surface area (Å²) in [5.41, 5.74) is 0. The fraction of sp³-hybridized carbons (Fsp3) is 0.900. The first-order chi connectivity index (χ1) is 7.22. The molecule has 2 saturated heterocycles. The third kappa shape index (κ3) is 2.08. The highest BCUT2D eigenvalue weighted by Gasteiger charge is 2.40. The zero-order chi connectivity index (χ0) is 10.8. The summed E-state index contributed by atoms with van der Waals surface area (Å²) in [6.45, 7) is 2.48. The van der Waals surface area contributed by atoms with E-state index in [1.807, 2.05) is 11.9 Å². The molecule has 0 bridgehead atoms. The molecule has 2 aliphatic heterocycles. The lowest BCUT2D eigenvalue weighted by Gasteiger charge is -2.43. The zero-order valence-electron chi connectivity index (χ0n) is 9.31. The van der Waals surface area contributed by atoms with E-state index in [9.17, 15) is 4.79 Å². The quantitative estimate of drug-likeness (QED) is 0.671. The van der Waals surface area contributed by atoms with Gasteiger partial charge in [-0.2, -0.15) is 0 Å². The molecule has 0 aromatic carbocycles. The Morgan fingerprint density at radius 2 is 2.00 bits per heavy atom. The predicted octanol–water partition coefficient (Wildman–Crippen LogP) is 0.505. The lowest BCUT2D eigenvalue weighted by atomic mass is 10.1. The average molecular weight is 214 g/mol. The fourth-order valence-electron chi connectivity index (χ4n) is 2.06. The van der Waals surface area contributed by atoms with E-state index in [0.29, 0.717) is 0 Å². The van der Waals surface area contributed by atoms with Gasteiger partial charge in [0, 0.05) is 26.7 Å². The molecule has 15 heavy (non-hydrogen) atoms. The molecule has 86 valence electrons. The van der Waals surface area contributed by atoms with Crippen LogP contribution in [0.25, 0.3) is 0 Å². The van der Waals surface area contributed by atoms with Crippen LogP contribution in [0.1, 0.15) is 12.8 Å². The van der Waals surface area contributed by atoms with E-state index in [4.69, 9.17) is 9.47 Å². The third-order valence-electron chi connectivity index (χ3n) is 3.11. The first-order valence-electron chi connectivity index (χ1n) is 5.41. The van der Waals surface area contributed by atoms with E-state index in [2.05, 4.69) is 0 Å². The van der Waals surface area contributed by atoms with E-state index >= 15 is 0 Å². The number of carbonyl (C=O) groups excluding carboxylic acids is 1. The average Bonchev–Trinajstić information content (AvgIpc) is 2.75. The number of hydrogen-bond acceptors (Lipinski definition) is 4. The Bertz CT molecular complexity index is 241. The van der Waals surface area contributed by atoms with E-state index in [1.165, 1.54) is 0 Å². The van der Waals surface area contributed by atoms with Gasteiger partial charge in [0.1, 0.15) is 6.10 Å². The van der Waals surface area contributed by atoms with Crippen LogP contribution in [0.4, 0.5) is 4.79 Å². The Hall–Kier alpha value is -0.810. The van der Waals surface area contributed by atoms with Crippen LogP contribution in [-0.4, -0.2) is 62.0 Å². The number of hydrogen-bond donors (Lipinski definition) is 0. The maximum atomic E-state index is 11.7. The van der Waals surface area contributed by atoms with Gasteiger partial charge in [-0.1, -0.05) is 0 Å². The fourth-order valence-corrected chi connectivity index (χ4v) is 2.06. The van der Waals surface area contributed by atoms with Crippen molar-refractivity contribution in [3.8, 4) is 0 Å². The lowest BCUT2D eigenvalue weighted by molar-refractivity contribution is -0.175.